The van der Waals surface area contributed by atoms with Gasteiger partial charge in [0.2, 0.25) is 0 Å². The van der Waals surface area contributed by atoms with Gasteiger partial charge in [-0.3, -0.25) is 9.69 Å². The van der Waals surface area contributed by atoms with Gasteiger partial charge in [-0.05, 0) is 62.4 Å². The average molecular weight is 392 g/mol. The zero-order valence-electron chi connectivity index (χ0n) is 17.5. The van der Waals surface area contributed by atoms with Gasteiger partial charge in [0.05, 0.1) is 12.7 Å². The molecule has 4 rings (SSSR count). The molecule has 0 saturated carbocycles. The number of aliphatic hydroxyl groups is 1. The maximum absolute atomic E-state index is 13.8. The number of amides is 1. The van der Waals surface area contributed by atoms with E-state index in [1.807, 2.05) is 61.1 Å². The monoisotopic (exact) mass is 392 g/mol. The van der Waals surface area contributed by atoms with Gasteiger partial charge in [0.1, 0.15) is 11.3 Å². The number of carbonyl (C=O) groups excluding carboxylic acids is 1. The van der Waals surface area contributed by atoms with Crippen molar-refractivity contribution in [1.29, 1.82) is 0 Å². The number of para-hydroxylation sites is 1. The number of piperidine rings is 1. The summed E-state index contributed by atoms with van der Waals surface area (Å²) in [4.78, 5) is 21.0. The summed E-state index contributed by atoms with van der Waals surface area (Å²) in [7, 11) is 1.66. The molecule has 152 valence electrons. The minimum atomic E-state index is -0.743. The Balaban J connectivity index is 1.90. The summed E-state index contributed by atoms with van der Waals surface area (Å²) in [6.07, 6.45) is 1.22. The summed E-state index contributed by atoms with van der Waals surface area (Å²) in [6.45, 7) is 7.36. The van der Waals surface area contributed by atoms with E-state index < -0.39 is 5.54 Å². The van der Waals surface area contributed by atoms with Crippen molar-refractivity contribution in [3.8, 4) is 0 Å². The summed E-state index contributed by atoms with van der Waals surface area (Å²) < 4.78 is 0. The molecule has 2 aliphatic heterocycles. The zero-order valence-corrected chi connectivity index (χ0v) is 17.5. The first-order chi connectivity index (χ1) is 13.9. The Morgan fingerprint density at radius 3 is 2.14 bits per heavy atom. The Labute approximate surface area is 172 Å². The van der Waals surface area contributed by atoms with Gasteiger partial charge in [-0.25, -0.2) is 0 Å². The van der Waals surface area contributed by atoms with Crippen molar-refractivity contribution in [3.63, 3.8) is 0 Å². The van der Waals surface area contributed by atoms with Gasteiger partial charge >= 0.3 is 0 Å². The van der Waals surface area contributed by atoms with E-state index in [2.05, 4.69) is 12.1 Å². The van der Waals surface area contributed by atoms with Crippen LogP contribution in [0.25, 0.3) is 5.57 Å². The molecule has 2 aromatic carbocycles. The van der Waals surface area contributed by atoms with Gasteiger partial charge in [-0.1, -0.05) is 35.9 Å². The van der Waals surface area contributed by atoms with Gasteiger partial charge in [0, 0.05) is 18.8 Å². The normalized spacial score (nSPS) is 19.4. The van der Waals surface area contributed by atoms with Crippen molar-refractivity contribution < 1.29 is 14.7 Å². The molecule has 1 N–H and O–H groups in total. The van der Waals surface area contributed by atoms with Gasteiger partial charge in [-0.15, -0.1) is 0 Å². The lowest BCUT2D eigenvalue weighted by Gasteiger charge is -2.44. The van der Waals surface area contributed by atoms with E-state index in [4.69, 9.17) is 4.84 Å². The first kappa shape index (κ1) is 19.7. The van der Waals surface area contributed by atoms with E-state index in [1.54, 1.807) is 7.11 Å². The van der Waals surface area contributed by atoms with Crippen LogP contribution in [0.15, 0.2) is 48.2 Å². The molecule has 1 saturated heterocycles. The summed E-state index contributed by atoms with van der Waals surface area (Å²) in [6, 6.07) is 13.8. The van der Waals surface area contributed by atoms with E-state index in [1.165, 1.54) is 0 Å². The number of hydrogen-bond donors (Lipinski definition) is 1. The molecule has 0 atom stereocenters. The summed E-state index contributed by atoms with van der Waals surface area (Å²) in [5.41, 5.74) is 4.53. The first-order valence-electron chi connectivity index (χ1n) is 10.1. The van der Waals surface area contributed by atoms with Crippen LogP contribution in [-0.2, 0) is 9.63 Å². The van der Waals surface area contributed by atoms with Crippen LogP contribution in [-0.4, -0.2) is 41.8 Å². The topological polar surface area (TPSA) is 53.0 Å². The van der Waals surface area contributed by atoms with E-state index in [0.29, 0.717) is 31.5 Å². The molecular formula is C24H28N2O3. The van der Waals surface area contributed by atoms with Crippen LogP contribution in [0.1, 0.15) is 35.1 Å². The Bertz CT molecular complexity index is 950. The maximum atomic E-state index is 13.8. The fourth-order valence-electron chi connectivity index (χ4n) is 4.99. The number of benzene rings is 2. The smallest absolute Gasteiger partial charge is 0.263 e. The molecule has 2 aliphatic rings. The van der Waals surface area contributed by atoms with Gasteiger partial charge in [0.15, 0.2) is 0 Å². The largest absolute Gasteiger partial charge is 0.509 e. The lowest BCUT2D eigenvalue weighted by Crippen LogP contribution is -2.55. The molecule has 0 unspecified atom stereocenters. The Morgan fingerprint density at radius 2 is 1.59 bits per heavy atom. The predicted octanol–water partition coefficient (Wildman–Crippen LogP) is 4.32. The molecule has 0 bridgehead atoms. The van der Waals surface area contributed by atoms with Crippen molar-refractivity contribution in [2.45, 2.75) is 39.2 Å². The minimum absolute atomic E-state index is 0.130. The quantitative estimate of drug-likeness (QED) is 0.845. The second-order valence-electron chi connectivity index (χ2n) is 8.12. The molecule has 0 aromatic heterocycles. The van der Waals surface area contributed by atoms with Crippen LogP contribution in [0.4, 0.5) is 5.69 Å². The number of aliphatic hydroxyl groups excluding tert-OH is 1. The molecule has 0 aliphatic carbocycles. The molecule has 5 heteroatoms. The molecule has 5 nitrogen and oxygen atoms in total. The molecule has 0 radical (unpaired) electrons. The highest BCUT2D eigenvalue weighted by Crippen LogP contribution is 2.48. The third-order valence-electron chi connectivity index (χ3n) is 6.27. The van der Waals surface area contributed by atoms with Crippen LogP contribution < -0.4 is 4.90 Å². The highest BCUT2D eigenvalue weighted by atomic mass is 16.7. The minimum Gasteiger partial charge on any atom is -0.509 e. The summed E-state index contributed by atoms with van der Waals surface area (Å²) in [5, 5.41) is 13.4. The Morgan fingerprint density at radius 1 is 1.00 bits per heavy atom. The van der Waals surface area contributed by atoms with E-state index in [0.717, 1.165) is 27.9 Å². The highest BCUT2D eigenvalue weighted by molar-refractivity contribution is 6.31. The SMILES string of the molecule is CON1CCC2(CC1)C(O)=C(c1c(C)cc(C)cc1C)C(=O)N2c1ccccc1. The lowest BCUT2D eigenvalue weighted by molar-refractivity contribution is -0.150. The van der Waals surface area contributed by atoms with E-state index in [9.17, 15) is 9.90 Å². The molecule has 1 amide bonds. The third kappa shape index (κ3) is 3.05. The molecule has 1 fully saturated rings. The molecule has 2 aromatic rings. The van der Waals surface area contributed by atoms with E-state index in [-0.39, 0.29) is 11.7 Å². The lowest BCUT2D eigenvalue weighted by atomic mass is 9.84. The fourth-order valence-corrected chi connectivity index (χ4v) is 4.99. The van der Waals surface area contributed by atoms with Crippen LogP contribution in [0, 0.1) is 20.8 Å². The predicted molar refractivity (Wildman–Crippen MR) is 115 cm³/mol. The number of aryl methyl sites for hydroxylation is 3. The maximum Gasteiger partial charge on any atom is 0.263 e. The summed E-state index contributed by atoms with van der Waals surface area (Å²) >= 11 is 0. The number of carbonyl (C=O) groups is 1. The standard InChI is InChI=1S/C24H28N2O3/c1-16-14-17(2)20(18(3)15-16)21-22(27)24(10-12-25(29-4)13-11-24)26(23(21)28)19-8-6-5-7-9-19/h5-9,14-15,27H,10-13H2,1-4H3. The van der Waals surface area contributed by atoms with Gasteiger partial charge < -0.3 is 9.94 Å². The first-order valence-corrected chi connectivity index (χ1v) is 10.1. The Hall–Kier alpha value is -2.63. The van der Waals surface area contributed by atoms with Crippen LogP contribution in [0.3, 0.4) is 0 Å². The number of anilines is 1. The van der Waals surface area contributed by atoms with Crippen molar-refractivity contribution in [3.05, 3.63) is 70.5 Å². The van der Waals surface area contributed by atoms with Crippen LogP contribution >= 0.6 is 0 Å². The second-order valence-corrected chi connectivity index (χ2v) is 8.12. The number of hydroxylamine groups is 2. The van der Waals surface area contributed by atoms with Crippen LogP contribution in [0.5, 0.6) is 0 Å². The number of rotatable bonds is 3. The number of hydrogen-bond acceptors (Lipinski definition) is 4. The third-order valence-corrected chi connectivity index (χ3v) is 6.27. The zero-order chi connectivity index (χ0) is 20.8. The van der Waals surface area contributed by atoms with Crippen molar-refractivity contribution in [2.24, 2.45) is 0 Å². The highest BCUT2D eigenvalue weighted by Gasteiger charge is 2.54. The van der Waals surface area contributed by atoms with Gasteiger partial charge in [-0.2, -0.15) is 5.06 Å². The van der Waals surface area contributed by atoms with E-state index >= 15 is 0 Å². The molecule has 29 heavy (non-hydrogen) atoms. The van der Waals surface area contributed by atoms with Crippen molar-refractivity contribution in [1.82, 2.24) is 5.06 Å². The average Bonchev–Trinajstić information content (AvgIpc) is 2.90. The molecular weight excluding hydrogens is 364 g/mol. The van der Waals surface area contributed by atoms with Gasteiger partial charge in [0.25, 0.3) is 5.91 Å². The Kier molecular flexibility index (Phi) is 4.97. The molecule has 1 spiro atoms. The van der Waals surface area contributed by atoms with Crippen LogP contribution in [0.2, 0.25) is 0 Å². The fraction of sp³-hybridized carbons (Fsp3) is 0.375. The van der Waals surface area contributed by atoms with Crippen molar-refractivity contribution >= 4 is 17.2 Å². The molecule has 2 heterocycles. The second kappa shape index (κ2) is 7.32. The number of nitrogens with zero attached hydrogens (tertiary/aromatic N) is 2. The summed E-state index contributed by atoms with van der Waals surface area (Å²) in [5.74, 6) is 0.0618. The van der Waals surface area contributed by atoms with Crippen molar-refractivity contribution in [2.75, 3.05) is 25.1 Å².